The van der Waals surface area contributed by atoms with Crippen LogP contribution in [0.2, 0.25) is 5.15 Å². The molecule has 0 aliphatic heterocycles. The van der Waals surface area contributed by atoms with Crippen LogP contribution in [0.1, 0.15) is 41.6 Å². The maximum Gasteiger partial charge on any atom is 0.336 e. The number of aryl methyl sites for hydroxylation is 1. The minimum absolute atomic E-state index is 0.127. The third-order valence-corrected chi connectivity index (χ3v) is 4.70. The summed E-state index contributed by atoms with van der Waals surface area (Å²) in [6, 6.07) is 3.12. The molecule has 1 heterocycles. The number of carbonyl (C=O) groups excluding carboxylic acids is 1. The average molecular weight is 348 g/mol. The first kappa shape index (κ1) is 16.6. The largest absolute Gasteiger partial charge is 0.478 e. The van der Waals surface area contributed by atoms with Gasteiger partial charge in [0.05, 0.1) is 23.1 Å². The molecule has 1 aliphatic rings. The molecule has 0 atom stereocenters. The standard InChI is InChI=1S/C17H18ClN3O3/c1-9-6-12-13(7-11(9)17(23)24)20-15(18)16(21-12)19-8-14(22)10-4-2-3-5-10/h6-7,10H,2-5,8H2,1H3,(H,19,21)(H,23,24). The first-order chi connectivity index (χ1) is 11.5. The van der Waals surface area contributed by atoms with Gasteiger partial charge in [-0.1, -0.05) is 24.4 Å². The molecule has 1 fully saturated rings. The normalized spacial score (nSPS) is 14.9. The van der Waals surface area contributed by atoms with E-state index in [1.54, 1.807) is 13.0 Å². The maximum absolute atomic E-state index is 12.1. The Kier molecular flexibility index (Phi) is 4.66. The van der Waals surface area contributed by atoms with Gasteiger partial charge in [-0.15, -0.1) is 0 Å². The summed E-state index contributed by atoms with van der Waals surface area (Å²) in [6.07, 6.45) is 4.12. The number of halogens is 1. The molecule has 126 valence electrons. The summed E-state index contributed by atoms with van der Waals surface area (Å²) in [5.74, 6) is -0.373. The number of carboxylic acids is 1. The number of benzene rings is 1. The molecule has 1 aromatic heterocycles. The second kappa shape index (κ2) is 6.73. The topological polar surface area (TPSA) is 92.2 Å². The molecule has 24 heavy (non-hydrogen) atoms. The molecular formula is C17H18ClN3O3. The summed E-state index contributed by atoms with van der Waals surface area (Å²) in [5, 5.41) is 12.3. The molecule has 1 aromatic carbocycles. The lowest BCUT2D eigenvalue weighted by Crippen LogP contribution is -2.21. The van der Waals surface area contributed by atoms with Crippen LogP contribution in [0.3, 0.4) is 0 Å². The van der Waals surface area contributed by atoms with Crippen molar-refractivity contribution in [2.45, 2.75) is 32.6 Å². The molecular weight excluding hydrogens is 330 g/mol. The Morgan fingerprint density at radius 1 is 1.25 bits per heavy atom. The number of anilines is 1. The monoisotopic (exact) mass is 347 g/mol. The van der Waals surface area contributed by atoms with Gasteiger partial charge in [-0.3, -0.25) is 4.79 Å². The number of nitrogens with one attached hydrogen (secondary N) is 1. The molecule has 3 rings (SSSR count). The summed E-state index contributed by atoms with van der Waals surface area (Å²) >= 11 is 6.12. The van der Waals surface area contributed by atoms with Gasteiger partial charge in [0.15, 0.2) is 16.8 Å². The van der Waals surface area contributed by atoms with Crippen molar-refractivity contribution in [3.63, 3.8) is 0 Å². The lowest BCUT2D eigenvalue weighted by molar-refractivity contribution is -0.120. The van der Waals surface area contributed by atoms with E-state index in [9.17, 15) is 9.59 Å². The van der Waals surface area contributed by atoms with Crippen LogP contribution in [0, 0.1) is 12.8 Å². The molecule has 0 bridgehead atoms. The van der Waals surface area contributed by atoms with Gasteiger partial charge in [0.2, 0.25) is 0 Å². The molecule has 0 amide bonds. The predicted molar refractivity (Wildman–Crippen MR) is 91.7 cm³/mol. The van der Waals surface area contributed by atoms with Crippen LogP contribution in [0.25, 0.3) is 11.0 Å². The van der Waals surface area contributed by atoms with Gasteiger partial charge in [-0.25, -0.2) is 14.8 Å². The number of rotatable bonds is 5. The molecule has 7 heteroatoms. The van der Waals surface area contributed by atoms with Crippen LogP contribution < -0.4 is 5.32 Å². The lowest BCUT2D eigenvalue weighted by Gasteiger charge is -2.11. The molecule has 0 spiro atoms. The van der Waals surface area contributed by atoms with Crippen molar-refractivity contribution in [2.24, 2.45) is 5.92 Å². The van der Waals surface area contributed by atoms with Crippen molar-refractivity contribution in [3.8, 4) is 0 Å². The van der Waals surface area contributed by atoms with E-state index in [-0.39, 0.29) is 29.0 Å². The maximum atomic E-state index is 12.1. The van der Waals surface area contributed by atoms with E-state index < -0.39 is 5.97 Å². The van der Waals surface area contributed by atoms with E-state index in [0.29, 0.717) is 22.4 Å². The number of ketones is 1. The number of aromatic carboxylic acids is 1. The zero-order valence-electron chi connectivity index (χ0n) is 13.3. The highest BCUT2D eigenvalue weighted by atomic mass is 35.5. The van der Waals surface area contributed by atoms with Gasteiger partial charge in [0, 0.05) is 5.92 Å². The zero-order chi connectivity index (χ0) is 17.3. The summed E-state index contributed by atoms with van der Waals surface area (Å²) in [7, 11) is 0. The molecule has 1 aliphatic carbocycles. The smallest absolute Gasteiger partial charge is 0.336 e. The third-order valence-electron chi connectivity index (χ3n) is 4.44. The number of aromatic nitrogens is 2. The molecule has 2 aromatic rings. The van der Waals surface area contributed by atoms with Crippen molar-refractivity contribution < 1.29 is 14.7 Å². The zero-order valence-corrected chi connectivity index (χ0v) is 14.1. The minimum atomic E-state index is -1.02. The number of fused-ring (bicyclic) bond motifs is 1. The highest BCUT2D eigenvalue weighted by Gasteiger charge is 2.22. The van der Waals surface area contributed by atoms with Gasteiger partial charge in [-0.2, -0.15) is 0 Å². The summed E-state index contributed by atoms with van der Waals surface area (Å²) < 4.78 is 0. The van der Waals surface area contributed by atoms with Gasteiger partial charge in [-0.05, 0) is 37.5 Å². The second-order valence-corrected chi connectivity index (χ2v) is 6.48. The highest BCUT2D eigenvalue weighted by Crippen LogP contribution is 2.27. The van der Waals surface area contributed by atoms with Gasteiger partial charge in [0.1, 0.15) is 0 Å². The van der Waals surface area contributed by atoms with Crippen LogP contribution in [-0.4, -0.2) is 33.4 Å². The number of hydrogen-bond donors (Lipinski definition) is 2. The van der Waals surface area contributed by atoms with E-state index in [1.165, 1.54) is 6.07 Å². The molecule has 2 N–H and O–H groups in total. The fourth-order valence-electron chi connectivity index (χ4n) is 3.09. The van der Waals surface area contributed by atoms with Crippen molar-refractivity contribution in [1.29, 1.82) is 0 Å². The lowest BCUT2D eigenvalue weighted by atomic mass is 10.0. The van der Waals surface area contributed by atoms with Crippen LogP contribution in [0.4, 0.5) is 5.82 Å². The van der Waals surface area contributed by atoms with Crippen LogP contribution in [0.5, 0.6) is 0 Å². The van der Waals surface area contributed by atoms with E-state index in [2.05, 4.69) is 15.3 Å². The Morgan fingerprint density at radius 2 is 1.92 bits per heavy atom. The first-order valence-corrected chi connectivity index (χ1v) is 8.31. The highest BCUT2D eigenvalue weighted by molar-refractivity contribution is 6.32. The van der Waals surface area contributed by atoms with Gasteiger partial charge in [0.25, 0.3) is 0 Å². The molecule has 0 saturated heterocycles. The Hall–Kier alpha value is -2.21. The summed E-state index contributed by atoms with van der Waals surface area (Å²) in [4.78, 5) is 31.9. The molecule has 6 nitrogen and oxygen atoms in total. The van der Waals surface area contributed by atoms with E-state index in [0.717, 1.165) is 25.7 Å². The fraction of sp³-hybridized carbons (Fsp3) is 0.412. The van der Waals surface area contributed by atoms with Crippen molar-refractivity contribution in [3.05, 3.63) is 28.4 Å². The van der Waals surface area contributed by atoms with E-state index >= 15 is 0 Å². The Balaban J connectivity index is 1.83. The van der Waals surface area contributed by atoms with Crippen molar-refractivity contribution in [2.75, 3.05) is 11.9 Å². The second-order valence-electron chi connectivity index (χ2n) is 6.13. The van der Waals surface area contributed by atoms with Gasteiger partial charge < -0.3 is 10.4 Å². The quantitative estimate of drug-likeness (QED) is 0.860. The Morgan fingerprint density at radius 3 is 2.58 bits per heavy atom. The molecule has 1 saturated carbocycles. The van der Waals surface area contributed by atoms with Gasteiger partial charge >= 0.3 is 5.97 Å². The number of Topliss-reactive ketones (excluding diaryl/α,β-unsaturated/α-hetero) is 1. The number of nitrogens with zero attached hydrogens (tertiary/aromatic N) is 2. The van der Waals surface area contributed by atoms with Crippen LogP contribution >= 0.6 is 11.6 Å². The third kappa shape index (κ3) is 3.33. The number of carbonyl (C=O) groups is 2. The SMILES string of the molecule is Cc1cc2nc(NCC(=O)C3CCCC3)c(Cl)nc2cc1C(=O)O. The molecule has 0 radical (unpaired) electrons. The number of carboxylic acid groups (broad SMARTS) is 1. The van der Waals surface area contributed by atoms with Crippen LogP contribution in [-0.2, 0) is 4.79 Å². The summed E-state index contributed by atoms with van der Waals surface area (Å²) in [5.41, 5.74) is 1.72. The minimum Gasteiger partial charge on any atom is -0.478 e. The van der Waals surface area contributed by atoms with E-state index in [1.807, 2.05) is 0 Å². The van der Waals surface area contributed by atoms with Crippen LogP contribution in [0.15, 0.2) is 12.1 Å². The van der Waals surface area contributed by atoms with E-state index in [4.69, 9.17) is 16.7 Å². The van der Waals surface area contributed by atoms with Crippen molar-refractivity contribution >= 4 is 40.2 Å². The fourth-order valence-corrected chi connectivity index (χ4v) is 3.29. The summed E-state index contributed by atoms with van der Waals surface area (Å²) in [6.45, 7) is 1.88. The Labute approximate surface area is 144 Å². The average Bonchev–Trinajstić information content (AvgIpc) is 3.06. The number of hydrogen-bond acceptors (Lipinski definition) is 5. The Bertz CT molecular complexity index is 816. The predicted octanol–water partition coefficient (Wildman–Crippen LogP) is 3.46. The van der Waals surface area contributed by atoms with Crippen molar-refractivity contribution in [1.82, 2.24) is 9.97 Å². The molecule has 0 unspecified atom stereocenters. The first-order valence-electron chi connectivity index (χ1n) is 7.93.